The number of carbonyl (C=O) groups is 2. The summed E-state index contributed by atoms with van der Waals surface area (Å²) >= 11 is 0. The van der Waals surface area contributed by atoms with Crippen molar-refractivity contribution in [2.24, 2.45) is 0 Å². The molecular formula is C22H23F4N5O3. The van der Waals surface area contributed by atoms with Gasteiger partial charge in [0.2, 0.25) is 0 Å². The minimum Gasteiger partial charge on any atom is -0.396 e. The van der Waals surface area contributed by atoms with E-state index < -0.39 is 40.6 Å². The quantitative estimate of drug-likeness (QED) is 0.298. The van der Waals surface area contributed by atoms with Crippen molar-refractivity contribution in [3.8, 4) is 0 Å². The Morgan fingerprint density at radius 3 is 2.68 bits per heavy atom. The molecule has 4 rings (SSSR count). The van der Waals surface area contributed by atoms with Gasteiger partial charge in [-0.1, -0.05) is 0 Å². The lowest BCUT2D eigenvalue weighted by molar-refractivity contribution is -0.138. The number of morpholine rings is 1. The number of H-pyrrole nitrogens is 1. The van der Waals surface area contributed by atoms with Gasteiger partial charge >= 0.3 is 6.18 Å². The number of hydrogen-bond donors (Lipinski definition) is 4. The molecule has 182 valence electrons. The molecule has 3 heterocycles. The molecule has 8 nitrogen and oxygen atoms in total. The van der Waals surface area contributed by atoms with Crippen LogP contribution in [0.15, 0.2) is 12.1 Å². The molecule has 1 aromatic heterocycles. The predicted octanol–water partition coefficient (Wildman–Crippen LogP) is 2.62. The molecule has 1 saturated heterocycles. The zero-order valence-electron chi connectivity index (χ0n) is 18.2. The normalized spacial score (nSPS) is 17.7. The van der Waals surface area contributed by atoms with E-state index in [-0.39, 0.29) is 34.8 Å². The lowest BCUT2D eigenvalue weighted by atomic mass is 10.0. The average molecular weight is 481 g/mol. The van der Waals surface area contributed by atoms with E-state index >= 15 is 0 Å². The van der Waals surface area contributed by atoms with Crippen molar-refractivity contribution in [3.63, 3.8) is 0 Å². The van der Waals surface area contributed by atoms with E-state index in [2.05, 4.69) is 15.6 Å². The number of rotatable bonds is 5. The molecular weight excluding hydrogens is 458 g/mol. The third kappa shape index (κ3) is 4.64. The predicted molar refractivity (Wildman–Crippen MR) is 117 cm³/mol. The van der Waals surface area contributed by atoms with Crippen molar-refractivity contribution in [1.82, 2.24) is 15.2 Å². The Labute approximate surface area is 192 Å². The summed E-state index contributed by atoms with van der Waals surface area (Å²) in [6.45, 7) is 4.47. The van der Waals surface area contributed by atoms with Crippen molar-refractivity contribution in [1.29, 1.82) is 0 Å². The first-order valence-electron chi connectivity index (χ1n) is 10.6. The third-order valence-electron chi connectivity index (χ3n) is 5.75. The van der Waals surface area contributed by atoms with Gasteiger partial charge in [-0.3, -0.25) is 14.5 Å². The number of alkyl halides is 3. The summed E-state index contributed by atoms with van der Waals surface area (Å²) < 4.78 is 61.4. The number of amides is 2. The maximum absolute atomic E-state index is 14.1. The number of halogens is 4. The second-order valence-corrected chi connectivity index (χ2v) is 8.05. The Morgan fingerprint density at radius 2 is 2.00 bits per heavy atom. The minimum atomic E-state index is -4.89. The van der Waals surface area contributed by atoms with Gasteiger partial charge in [0.15, 0.2) is 0 Å². The SMILES string of the molecule is Cc1[nH]c(/C=C2\C(=O)Nc3cc(N)c(F)cc32)c(C(F)(F)F)c1C(=O)NCCN1CCOCC1. The summed E-state index contributed by atoms with van der Waals surface area (Å²) in [5, 5.41) is 5.00. The standard InChI is InChI=1S/C22H23F4N5O3/c1-11-18(21(33)28-2-3-31-4-6-34-7-5-31)19(22(24,25)26)17(29-11)9-13-12-8-14(23)15(27)10-16(12)30-20(13)32/h8-10,29H,2-7,27H2,1H3,(H,28,33)(H,30,32)/b13-9-. The number of nitrogens with zero attached hydrogens (tertiary/aromatic N) is 1. The molecule has 1 fully saturated rings. The van der Waals surface area contributed by atoms with Crippen LogP contribution >= 0.6 is 0 Å². The first-order chi connectivity index (χ1) is 16.1. The summed E-state index contributed by atoms with van der Waals surface area (Å²) in [5.41, 5.74) is 3.16. The number of ether oxygens (including phenoxy) is 1. The Morgan fingerprint density at radius 1 is 1.29 bits per heavy atom. The van der Waals surface area contributed by atoms with Gasteiger partial charge in [0, 0.05) is 37.4 Å². The largest absolute Gasteiger partial charge is 0.419 e. The Balaban J connectivity index is 1.65. The number of fused-ring (bicyclic) bond motifs is 1. The van der Waals surface area contributed by atoms with Gasteiger partial charge in [0.05, 0.1) is 47.0 Å². The zero-order valence-corrected chi connectivity index (χ0v) is 18.2. The van der Waals surface area contributed by atoms with Gasteiger partial charge in [-0.15, -0.1) is 0 Å². The van der Waals surface area contributed by atoms with Crippen LogP contribution in [0, 0.1) is 12.7 Å². The molecule has 5 N–H and O–H groups in total. The van der Waals surface area contributed by atoms with Crippen LogP contribution in [0.4, 0.5) is 28.9 Å². The van der Waals surface area contributed by atoms with Crippen LogP contribution in [0.1, 0.15) is 32.9 Å². The van der Waals surface area contributed by atoms with Gasteiger partial charge in [-0.25, -0.2) is 4.39 Å². The highest BCUT2D eigenvalue weighted by Crippen LogP contribution is 2.40. The summed E-state index contributed by atoms with van der Waals surface area (Å²) in [6, 6.07) is 2.18. The topological polar surface area (TPSA) is 112 Å². The van der Waals surface area contributed by atoms with Crippen LogP contribution in [0.5, 0.6) is 0 Å². The first-order valence-corrected chi connectivity index (χ1v) is 10.6. The number of hydrogen-bond acceptors (Lipinski definition) is 5. The fraction of sp³-hybridized carbons (Fsp3) is 0.364. The summed E-state index contributed by atoms with van der Waals surface area (Å²) in [6.07, 6.45) is -3.92. The van der Waals surface area contributed by atoms with E-state index in [1.807, 2.05) is 4.90 Å². The van der Waals surface area contributed by atoms with Gasteiger partial charge in [-0.2, -0.15) is 13.2 Å². The van der Waals surface area contributed by atoms with Crippen molar-refractivity contribution in [2.45, 2.75) is 13.1 Å². The average Bonchev–Trinajstić information content (AvgIpc) is 3.25. The fourth-order valence-electron chi connectivity index (χ4n) is 4.09. The van der Waals surface area contributed by atoms with Crippen LogP contribution in [-0.2, 0) is 15.7 Å². The van der Waals surface area contributed by atoms with Gasteiger partial charge in [0.25, 0.3) is 11.8 Å². The number of nitrogen functional groups attached to an aromatic ring is 1. The van der Waals surface area contributed by atoms with Crippen LogP contribution < -0.4 is 16.4 Å². The minimum absolute atomic E-state index is 0.00911. The first kappa shape index (κ1) is 23.8. The third-order valence-corrected chi connectivity index (χ3v) is 5.75. The summed E-state index contributed by atoms with van der Waals surface area (Å²) in [4.78, 5) is 29.7. The molecule has 1 aromatic carbocycles. The molecule has 2 aromatic rings. The molecule has 0 radical (unpaired) electrons. The molecule has 0 spiro atoms. The fourth-order valence-corrected chi connectivity index (χ4v) is 4.09. The Hall–Kier alpha value is -3.38. The lowest BCUT2D eigenvalue weighted by Gasteiger charge is -2.26. The number of nitrogens with two attached hydrogens (primary N) is 1. The number of aromatic amines is 1. The van der Waals surface area contributed by atoms with Crippen molar-refractivity contribution >= 4 is 34.8 Å². The molecule has 0 aliphatic carbocycles. The molecule has 12 heteroatoms. The number of anilines is 2. The highest BCUT2D eigenvalue weighted by molar-refractivity contribution is 6.35. The van der Waals surface area contributed by atoms with Crippen LogP contribution in [-0.4, -0.2) is 61.1 Å². The number of benzene rings is 1. The van der Waals surface area contributed by atoms with E-state index in [1.54, 1.807) is 0 Å². The van der Waals surface area contributed by atoms with Crippen LogP contribution in [0.25, 0.3) is 11.6 Å². The van der Waals surface area contributed by atoms with E-state index in [1.165, 1.54) is 13.0 Å². The highest BCUT2D eigenvalue weighted by atomic mass is 19.4. The molecule has 2 aliphatic rings. The second-order valence-electron chi connectivity index (χ2n) is 8.05. The summed E-state index contributed by atoms with van der Waals surface area (Å²) in [5.74, 6) is -2.40. The van der Waals surface area contributed by atoms with E-state index in [4.69, 9.17) is 10.5 Å². The van der Waals surface area contributed by atoms with Crippen molar-refractivity contribution in [2.75, 3.05) is 50.4 Å². The maximum Gasteiger partial charge on any atom is 0.419 e. The van der Waals surface area contributed by atoms with E-state index in [0.29, 0.717) is 32.8 Å². The van der Waals surface area contributed by atoms with Gasteiger partial charge in [-0.05, 0) is 25.1 Å². The monoisotopic (exact) mass is 481 g/mol. The zero-order chi connectivity index (χ0) is 24.6. The molecule has 2 aliphatic heterocycles. The number of aromatic nitrogens is 1. The molecule has 0 saturated carbocycles. The maximum atomic E-state index is 14.1. The summed E-state index contributed by atoms with van der Waals surface area (Å²) in [7, 11) is 0. The molecule has 0 unspecified atom stereocenters. The van der Waals surface area contributed by atoms with Crippen LogP contribution in [0.3, 0.4) is 0 Å². The van der Waals surface area contributed by atoms with Gasteiger partial charge in [0.1, 0.15) is 5.82 Å². The van der Waals surface area contributed by atoms with Crippen molar-refractivity contribution in [3.05, 3.63) is 46.0 Å². The molecule has 2 amide bonds. The number of aryl methyl sites for hydroxylation is 1. The van der Waals surface area contributed by atoms with E-state index in [0.717, 1.165) is 12.1 Å². The second kappa shape index (κ2) is 9.11. The lowest BCUT2D eigenvalue weighted by Crippen LogP contribution is -2.41. The van der Waals surface area contributed by atoms with Crippen LogP contribution in [0.2, 0.25) is 0 Å². The number of nitrogens with one attached hydrogen (secondary N) is 3. The Bertz CT molecular complexity index is 1170. The number of carbonyl (C=O) groups excluding carboxylic acids is 2. The van der Waals surface area contributed by atoms with Crippen molar-refractivity contribution < 1.29 is 31.9 Å². The molecule has 0 bridgehead atoms. The molecule has 34 heavy (non-hydrogen) atoms. The smallest absolute Gasteiger partial charge is 0.396 e. The Kier molecular flexibility index (Phi) is 6.36. The van der Waals surface area contributed by atoms with E-state index in [9.17, 15) is 27.2 Å². The van der Waals surface area contributed by atoms with Gasteiger partial charge < -0.3 is 26.1 Å². The highest BCUT2D eigenvalue weighted by Gasteiger charge is 2.41. The molecule has 0 atom stereocenters.